The Balaban J connectivity index is 1.78. The zero-order valence-electron chi connectivity index (χ0n) is 13.5. The van der Waals surface area contributed by atoms with Crippen LogP contribution in [0.3, 0.4) is 0 Å². The molecule has 0 saturated carbocycles. The molecule has 0 saturated heterocycles. The summed E-state index contributed by atoms with van der Waals surface area (Å²) in [6.45, 7) is 4.35. The Bertz CT molecular complexity index is 873. The lowest BCUT2D eigenvalue weighted by Crippen LogP contribution is -2.05. The number of Topliss-reactive ketones (excluding diaryl/α,β-unsaturated/α-hetero) is 1. The quantitative estimate of drug-likeness (QED) is 0.398. The largest absolute Gasteiger partial charge is 0.508 e. The molecule has 1 aromatic heterocycles. The number of carbonyl (C=O) groups is 1. The summed E-state index contributed by atoms with van der Waals surface area (Å²) in [5.74, 6) is 1.11. The zero-order chi connectivity index (χ0) is 17.6. The van der Waals surface area contributed by atoms with Crippen LogP contribution in [0, 0.1) is 0 Å². The number of carbonyl (C=O) groups excluding carboxylic acids is 1. The van der Waals surface area contributed by atoms with Crippen molar-refractivity contribution in [2.24, 2.45) is 0 Å². The van der Waals surface area contributed by atoms with Crippen molar-refractivity contribution in [3.05, 3.63) is 72.8 Å². The number of rotatable bonds is 7. The summed E-state index contributed by atoms with van der Waals surface area (Å²) in [6, 6.07) is 16.0. The van der Waals surface area contributed by atoms with Gasteiger partial charge in [0.25, 0.3) is 0 Å². The molecule has 2 aromatic carbocycles. The Morgan fingerprint density at radius 3 is 2.52 bits per heavy atom. The van der Waals surface area contributed by atoms with Crippen LogP contribution >= 0.6 is 11.8 Å². The van der Waals surface area contributed by atoms with Crippen LogP contribution in [0.5, 0.6) is 5.75 Å². The standard InChI is InChI=1S/C19H17N3O2S/c1-2-12-22-18(15-6-4-3-5-7-15)20-21-19(22)25-13-17(24)14-8-10-16(23)11-9-14/h2-11,23H,1,12-13H2. The molecule has 3 rings (SSSR count). The number of phenolic OH excluding ortho intramolecular Hbond substituents is 1. The van der Waals surface area contributed by atoms with E-state index in [2.05, 4.69) is 16.8 Å². The third kappa shape index (κ3) is 3.97. The molecule has 6 heteroatoms. The Kier molecular flexibility index (Phi) is 5.30. The zero-order valence-corrected chi connectivity index (χ0v) is 14.3. The molecule has 25 heavy (non-hydrogen) atoms. The number of aromatic hydroxyl groups is 1. The summed E-state index contributed by atoms with van der Waals surface area (Å²) in [4.78, 5) is 12.3. The average Bonchev–Trinajstić information content (AvgIpc) is 3.04. The first-order chi connectivity index (χ1) is 12.2. The molecule has 0 radical (unpaired) electrons. The highest BCUT2D eigenvalue weighted by molar-refractivity contribution is 7.99. The van der Waals surface area contributed by atoms with E-state index in [1.165, 1.54) is 23.9 Å². The second-order valence-corrected chi connectivity index (χ2v) is 6.27. The highest BCUT2D eigenvalue weighted by Gasteiger charge is 2.15. The predicted molar refractivity (Wildman–Crippen MR) is 98.8 cm³/mol. The van der Waals surface area contributed by atoms with Crippen molar-refractivity contribution in [3.8, 4) is 17.1 Å². The van der Waals surface area contributed by atoms with E-state index < -0.39 is 0 Å². The lowest BCUT2D eigenvalue weighted by Gasteiger charge is -2.07. The summed E-state index contributed by atoms with van der Waals surface area (Å²) in [5, 5.41) is 18.5. The van der Waals surface area contributed by atoms with Gasteiger partial charge in [0.05, 0.1) is 5.75 Å². The van der Waals surface area contributed by atoms with E-state index >= 15 is 0 Å². The number of allylic oxidation sites excluding steroid dienone is 1. The van der Waals surface area contributed by atoms with E-state index in [1.807, 2.05) is 34.9 Å². The van der Waals surface area contributed by atoms with Gasteiger partial charge in [0, 0.05) is 17.7 Å². The molecular weight excluding hydrogens is 334 g/mol. The second-order valence-electron chi connectivity index (χ2n) is 5.33. The predicted octanol–water partition coefficient (Wildman–Crippen LogP) is 3.81. The van der Waals surface area contributed by atoms with Gasteiger partial charge in [-0.2, -0.15) is 0 Å². The highest BCUT2D eigenvalue weighted by atomic mass is 32.2. The smallest absolute Gasteiger partial charge is 0.192 e. The summed E-state index contributed by atoms with van der Waals surface area (Å²) < 4.78 is 1.94. The van der Waals surface area contributed by atoms with Gasteiger partial charge >= 0.3 is 0 Å². The van der Waals surface area contributed by atoms with Crippen molar-refractivity contribution in [2.45, 2.75) is 11.7 Å². The lowest BCUT2D eigenvalue weighted by atomic mass is 10.1. The van der Waals surface area contributed by atoms with Crippen LogP contribution in [0.4, 0.5) is 0 Å². The van der Waals surface area contributed by atoms with Crippen LogP contribution in [0.2, 0.25) is 0 Å². The first-order valence-electron chi connectivity index (χ1n) is 7.73. The van der Waals surface area contributed by atoms with Crippen LogP contribution in [-0.4, -0.2) is 31.4 Å². The van der Waals surface area contributed by atoms with Gasteiger partial charge in [0.2, 0.25) is 0 Å². The molecule has 0 aliphatic carbocycles. The maximum absolute atomic E-state index is 12.3. The van der Waals surface area contributed by atoms with Crippen molar-refractivity contribution in [3.63, 3.8) is 0 Å². The Labute approximate surface area is 150 Å². The summed E-state index contributed by atoms with van der Waals surface area (Å²) in [7, 11) is 0. The molecular formula is C19H17N3O2S. The third-order valence-corrected chi connectivity index (χ3v) is 4.55. The summed E-state index contributed by atoms with van der Waals surface area (Å²) in [6.07, 6.45) is 1.78. The van der Waals surface area contributed by atoms with E-state index in [0.717, 1.165) is 11.4 Å². The van der Waals surface area contributed by atoms with Gasteiger partial charge in [-0.05, 0) is 24.3 Å². The molecule has 0 bridgehead atoms. The molecule has 1 N–H and O–H groups in total. The number of aromatic nitrogens is 3. The Morgan fingerprint density at radius 1 is 1.12 bits per heavy atom. The SMILES string of the molecule is C=CCn1c(SCC(=O)c2ccc(O)cc2)nnc1-c1ccccc1. The molecule has 0 atom stereocenters. The number of benzene rings is 2. The fraction of sp³-hybridized carbons (Fsp3) is 0.105. The van der Waals surface area contributed by atoms with E-state index in [4.69, 9.17) is 0 Å². The maximum Gasteiger partial charge on any atom is 0.192 e. The minimum Gasteiger partial charge on any atom is -0.508 e. The molecule has 0 fully saturated rings. The minimum absolute atomic E-state index is 0.0283. The monoisotopic (exact) mass is 351 g/mol. The van der Waals surface area contributed by atoms with Gasteiger partial charge in [0.15, 0.2) is 16.8 Å². The topological polar surface area (TPSA) is 68.0 Å². The summed E-state index contributed by atoms with van der Waals surface area (Å²) in [5.41, 5.74) is 1.52. The van der Waals surface area contributed by atoms with E-state index in [1.54, 1.807) is 18.2 Å². The van der Waals surface area contributed by atoms with E-state index in [9.17, 15) is 9.90 Å². The van der Waals surface area contributed by atoms with E-state index in [0.29, 0.717) is 17.3 Å². The normalized spacial score (nSPS) is 10.6. The van der Waals surface area contributed by atoms with Gasteiger partial charge in [-0.3, -0.25) is 9.36 Å². The van der Waals surface area contributed by atoms with Gasteiger partial charge in [-0.25, -0.2) is 0 Å². The van der Waals surface area contributed by atoms with Gasteiger partial charge in [-0.1, -0.05) is 48.2 Å². The van der Waals surface area contributed by atoms with Crippen molar-refractivity contribution < 1.29 is 9.90 Å². The van der Waals surface area contributed by atoms with Crippen LogP contribution in [0.25, 0.3) is 11.4 Å². The van der Waals surface area contributed by atoms with Gasteiger partial charge < -0.3 is 5.11 Å². The molecule has 0 amide bonds. The van der Waals surface area contributed by atoms with Crippen molar-refractivity contribution in [2.75, 3.05) is 5.75 Å². The molecule has 0 unspecified atom stereocenters. The van der Waals surface area contributed by atoms with Gasteiger partial charge in [0.1, 0.15) is 5.75 Å². The minimum atomic E-state index is -0.0283. The lowest BCUT2D eigenvalue weighted by molar-refractivity contribution is 0.102. The van der Waals surface area contributed by atoms with Crippen molar-refractivity contribution >= 4 is 17.5 Å². The van der Waals surface area contributed by atoms with E-state index in [-0.39, 0.29) is 17.3 Å². The number of ketones is 1. The first kappa shape index (κ1) is 17.0. The third-order valence-electron chi connectivity index (χ3n) is 3.58. The fourth-order valence-corrected chi connectivity index (χ4v) is 3.19. The molecule has 1 heterocycles. The second kappa shape index (κ2) is 7.81. The van der Waals surface area contributed by atoms with Gasteiger partial charge in [-0.15, -0.1) is 16.8 Å². The van der Waals surface area contributed by atoms with Crippen LogP contribution in [0.15, 0.2) is 72.4 Å². The molecule has 5 nitrogen and oxygen atoms in total. The van der Waals surface area contributed by atoms with Crippen LogP contribution < -0.4 is 0 Å². The summed E-state index contributed by atoms with van der Waals surface area (Å²) >= 11 is 1.34. The number of nitrogens with zero attached hydrogens (tertiary/aromatic N) is 3. The van der Waals surface area contributed by atoms with Crippen molar-refractivity contribution in [1.29, 1.82) is 0 Å². The molecule has 3 aromatic rings. The number of hydrogen-bond acceptors (Lipinski definition) is 5. The first-order valence-corrected chi connectivity index (χ1v) is 8.72. The Morgan fingerprint density at radius 2 is 1.84 bits per heavy atom. The van der Waals surface area contributed by atoms with Crippen LogP contribution in [0.1, 0.15) is 10.4 Å². The fourth-order valence-electron chi connectivity index (χ4n) is 2.35. The number of thioether (sulfide) groups is 1. The maximum atomic E-state index is 12.3. The van der Waals surface area contributed by atoms with Crippen LogP contribution in [-0.2, 0) is 6.54 Å². The Hall–Kier alpha value is -2.86. The molecule has 0 aliphatic heterocycles. The molecule has 0 spiro atoms. The molecule has 126 valence electrons. The average molecular weight is 351 g/mol. The molecule has 0 aliphatic rings. The number of phenols is 1. The number of hydrogen-bond donors (Lipinski definition) is 1. The highest BCUT2D eigenvalue weighted by Crippen LogP contribution is 2.24. The van der Waals surface area contributed by atoms with Crippen molar-refractivity contribution in [1.82, 2.24) is 14.8 Å².